The number of benzene rings is 1. The molecule has 1 aromatic carbocycles. The summed E-state index contributed by atoms with van der Waals surface area (Å²) in [4.78, 5) is 1.37. The average molecular weight is 620 g/mol. The van der Waals surface area contributed by atoms with E-state index < -0.39 is 62.0 Å². The number of thiol groups is 1. The van der Waals surface area contributed by atoms with Gasteiger partial charge in [-0.15, -0.1) is 12.4 Å². The standard InChI is InChI=1S/C25H45NO12S.ClH/c1-15(2)25(37-14-16-6-4-3-5-7-16)39-38-9-8-26(10-17(29)21(33)23(35)19(31)12-27)11-18(30)22(34)24(36)20(32)13-28;/h3-7,15,17-24,27-36,39H,8-14H2,1-2H3;1H/t17-,18-,19-,20-,21-,22-,23-,24-;/m1./s1. The van der Waals surface area contributed by atoms with Crippen molar-refractivity contribution >= 4 is 29.1 Å². The number of halogens is 1. The molecule has 8 atom stereocenters. The van der Waals surface area contributed by atoms with Crippen molar-refractivity contribution in [3.05, 3.63) is 35.9 Å². The Kier molecular flexibility index (Phi) is 20.6. The van der Waals surface area contributed by atoms with Gasteiger partial charge in [0, 0.05) is 25.6 Å². The second-order valence-electron chi connectivity index (χ2n) is 9.55. The molecule has 13 nitrogen and oxygen atoms in total. The Balaban J connectivity index is 0.0000152. The lowest BCUT2D eigenvalue weighted by molar-refractivity contribution is -0.130. The van der Waals surface area contributed by atoms with Crippen molar-refractivity contribution in [3.63, 3.8) is 0 Å². The largest absolute Gasteiger partial charge is 0.394 e. The number of nitrogens with zero attached hydrogens (tertiary/aromatic N) is 1. The Morgan fingerprint density at radius 3 is 1.62 bits per heavy atom. The summed E-state index contributed by atoms with van der Waals surface area (Å²) >= 11 is 0.436. The molecule has 0 amide bonds. The van der Waals surface area contributed by atoms with Gasteiger partial charge in [0.05, 0.1) is 38.6 Å². The summed E-state index contributed by atoms with van der Waals surface area (Å²) in [5, 5.41) is 98.7. The maximum atomic E-state index is 10.4. The molecule has 0 aliphatic rings. The minimum Gasteiger partial charge on any atom is -0.394 e. The van der Waals surface area contributed by atoms with Crippen molar-refractivity contribution in [2.24, 2.45) is 5.92 Å². The van der Waals surface area contributed by atoms with Crippen LogP contribution in [0.2, 0.25) is 0 Å². The summed E-state index contributed by atoms with van der Waals surface area (Å²) in [5.41, 5.74) is 0.985. The van der Waals surface area contributed by atoms with Crippen LogP contribution in [0.15, 0.2) is 30.3 Å². The summed E-state index contributed by atoms with van der Waals surface area (Å²) in [6.45, 7) is 1.89. The van der Waals surface area contributed by atoms with Crippen LogP contribution in [0.1, 0.15) is 19.4 Å². The second-order valence-corrected chi connectivity index (χ2v) is 10.4. The molecule has 40 heavy (non-hydrogen) atoms. The van der Waals surface area contributed by atoms with Crippen LogP contribution in [-0.2, 0) is 15.5 Å². The van der Waals surface area contributed by atoms with Gasteiger partial charge in [0.25, 0.3) is 0 Å². The van der Waals surface area contributed by atoms with Crippen LogP contribution in [0.3, 0.4) is 0 Å². The molecule has 0 fully saturated rings. The van der Waals surface area contributed by atoms with Gasteiger partial charge in [-0.3, -0.25) is 4.90 Å². The van der Waals surface area contributed by atoms with Crippen molar-refractivity contribution in [1.29, 1.82) is 0 Å². The Bertz CT molecular complexity index is 781. The van der Waals surface area contributed by atoms with E-state index in [-0.39, 0.29) is 44.6 Å². The van der Waals surface area contributed by atoms with Gasteiger partial charge in [0.15, 0.2) is 0 Å². The Morgan fingerprint density at radius 1 is 0.750 bits per heavy atom. The minimum atomic E-state index is -1.86. The van der Waals surface area contributed by atoms with Gasteiger partial charge in [-0.1, -0.05) is 44.2 Å². The first-order valence-corrected chi connectivity index (χ1v) is 13.5. The molecule has 0 aliphatic heterocycles. The van der Waals surface area contributed by atoms with Crippen LogP contribution in [0.25, 0.3) is 0 Å². The predicted molar refractivity (Wildman–Crippen MR) is 152 cm³/mol. The zero-order valence-corrected chi connectivity index (χ0v) is 24.3. The van der Waals surface area contributed by atoms with Gasteiger partial charge < -0.3 is 60.0 Å². The van der Waals surface area contributed by atoms with Gasteiger partial charge in [0.1, 0.15) is 41.7 Å². The third-order valence-corrected chi connectivity index (χ3v) is 7.06. The van der Waals surface area contributed by atoms with E-state index in [1.54, 1.807) is 0 Å². The van der Waals surface area contributed by atoms with E-state index >= 15 is 0 Å². The molecule has 0 aromatic heterocycles. The third kappa shape index (κ3) is 13.9. The molecular formula is C25H46ClNO12S. The molecule has 10 N–H and O–H groups in total. The van der Waals surface area contributed by atoms with E-state index in [4.69, 9.17) is 19.1 Å². The van der Waals surface area contributed by atoms with Crippen molar-refractivity contribution in [1.82, 2.24) is 4.90 Å². The summed E-state index contributed by atoms with van der Waals surface area (Å²) in [7, 11) is 0. The highest BCUT2D eigenvalue weighted by molar-refractivity contribution is 7.94. The lowest BCUT2D eigenvalue weighted by Crippen LogP contribution is -2.53. The molecule has 0 radical (unpaired) electrons. The first-order chi connectivity index (χ1) is 18.4. The lowest BCUT2D eigenvalue weighted by Gasteiger charge is -2.33. The quantitative estimate of drug-likeness (QED) is 0.0422. The van der Waals surface area contributed by atoms with Crippen molar-refractivity contribution < 1.29 is 60.0 Å². The average Bonchev–Trinajstić information content (AvgIpc) is 2.94. The topological polar surface area (TPSA) is 224 Å². The van der Waals surface area contributed by atoms with Crippen LogP contribution in [0, 0.1) is 5.92 Å². The van der Waals surface area contributed by atoms with Crippen LogP contribution in [-0.4, -0.2) is 149 Å². The summed E-state index contributed by atoms with van der Waals surface area (Å²) < 4.78 is 11.6. The molecule has 0 saturated heterocycles. The molecule has 1 aromatic rings. The highest BCUT2D eigenvalue weighted by Crippen LogP contribution is 2.13. The maximum absolute atomic E-state index is 10.4. The highest BCUT2D eigenvalue weighted by atomic mass is 35.5. The van der Waals surface area contributed by atoms with Crippen molar-refractivity contribution in [3.8, 4) is 0 Å². The minimum absolute atomic E-state index is 0. The fourth-order valence-electron chi connectivity index (χ4n) is 3.44. The molecule has 236 valence electrons. The molecule has 0 aliphatic carbocycles. The fourth-order valence-corrected chi connectivity index (χ4v) is 4.07. The SMILES string of the molecule is CC(C)C(OCc1ccccc1)=[SH]OCCN(C[C@@H](O)[C@@H](O)[C@H](O)[C@H](O)CO)C[C@@H](O)[C@@H](O)[C@H](O)[C@H](O)CO.Cl. The van der Waals surface area contributed by atoms with E-state index in [2.05, 4.69) is 0 Å². The first kappa shape index (κ1) is 39.2. The van der Waals surface area contributed by atoms with E-state index in [0.717, 1.165) is 5.56 Å². The molecule has 15 heteroatoms. The van der Waals surface area contributed by atoms with Gasteiger partial charge >= 0.3 is 0 Å². The number of rotatable bonds is 19. The van der Waals surface area contributed by atoms with Crippen molar-refractivity contribution in [2.45, 2.75) is 69.3 Å². The number of hydrogen-bond acceptors (Lipinski definition) is 13. The molecule has 0 bridgehead atoms. The summed E-state index contributed by atoms with van der Waals surface area (Å²) in [6.07, 6.45) is -14.1. The first-order valence-electron chi connectivity index (χ1n) is 12.7. The zero-order chi connectivity index (χ0) is 29.5. The van der Waals surface area contributed by atoms with Crippen LogP contribution in [0.4, 0.5) is 0 Å². The fraction of sp³-hybridized carbons (Fsp3) is 0.720. The smallest absolute Gasteiger partial charge is 0.111 e. The van der Waals surface area contributed by atoms with Gasteiger partial charge in [-0.2, -0.15) is 0 Å². The van der Waals surface area contributed by atoms with Gasteiger partial charge in [0.2, 0.25) is 0 Å². The molecule has 0 unspecified atom stereocenters. The van der Waals surface area contributed by atoms with Gasteiger partial charge in [-0.25, -0.2) is 0 Å². The monoisotopic (exact) mass is 619 g/mol. The molecular weight excluding hydrogens is 574 g/mol. The third-order valence-electron chi connectivity index (χ3n) is 5.92. The Labute approximate surface area is 244 Å². The predicted octanol–water partition coefficient (Wildman–Crippen LogP) is -3.02. The Hall–Kier alpha value is -0.790. The maximum Gasteiger partial charge on any atom is 0.111 e. The van der Waals surface area contributed by atoms with Crippen LogP contribution >= 0.6 is 24.0 Å². The number of aliphatic hydroxyl groups is 10. The summed E-state index contributed by atoms with van der Waals surface area (Å²) in [6, 6.07) is 9.57. The van der Waals surface area contributed by atoms with Crippen LogP contribution < -0.4 is 0 Å². The number of aliphatic hydroxyl groups excluding tert-OH is 10. The molecule has 0 saturated carbocycles. The van der Waals surface area contributed by atoms with E-state index in [1.807, 2.05) is 44.2 Å². The normalized spacial score (nSPS) is 18.7. The van der Waals surface area contributed by atoms with Crippen molar-refractivity contribution in [2.75, 3.05) is 39.5 Å². The highest BCUT2D eigenvalue weighted by Gasteiger charge is 2.34. The van der Waals surface area contributed by atoms with E-state index in [9.17, 15) is 40.9 Å². The number of hydrogen-bond donors (Lipinski definition) is 11. The molecule has 0 spiro atoms. The summed E-state index contributed by atoms with van der Waals surface area (Å²) in [5.74, 6) is 0.0410. The second kappa shape index (κ2) is 21.0. The molecule has 0 heterocycles. The van der Waals surface area contributed by atoms with Crippen LogP contribution in [0.5, 0.6) is 0 Å². The Morgan fingerprint density at radius 2 is 1.20 bits per heavy atom. The number of ether oxygens (including phenoxy) is 1. The zero-order valence-electron chi connectivity index (χ0n) is 22.6. The molecule has 1 rings (SSSR count). The van der Waals surface area contributed by atoms with E-state index in [0.29, 0.717) is 23.3 Å². The lowest BCUT2D eigenvalue weighted by atomic mass is 10.0. The van der Waals surface area contributed by atoms with Gasteiger partial charge in [-0.05, 0) is 17.2 Å². The van der Waals surface area contributed by atoms with E-state index in [1.165, 1.54) is 4.90 Å².